The van der Waals surface area contributed by atoms with Crippen LogP contribution in [0.4, 0.5) is 0 Å². The number of hydrogen-bond acceptors (Lipinski definition) is 5. The molecule has 1 aliphatic heterocycles. The minimum Gasteiger partial charge on any atom is -0.508 e. The van der Waals surface area contributed by atoms with Crippen LogP contribution >= 0.6 is 0 Å². The third-order valence-corrected chi connectivity index (χ3v) is 6.89. The molecule has 4 aromatic carbocycles. The first-order chi connectivity index (χ1) is 18.0. The van der Waals surface area contributed by atoms with Gasteiger partial charge in [-0.25, -0.2) is 0 Å². The third-order valence-electron chi connectivity index (χ3n) is 6.89. The van der Waals surface area contributed by atoms with Gasteiger partial charge in [-0.3, -0.25) is 9.69 Å². The number of nitrogens with zero attached hydrogens (tertiary/aromatic N) is 1. The number of carbonyl (C=O) groups excluding carboxylic acids is 1. The Morgan fingerprint density at radius 2 is 1.81 bits per heavy atom. The molecule has 37 heavy (non-hydrogen) atoms. The van der Waals surface area contributed by atoms with Crippen molar-refractivity contribution in [1.82, 2.24) is 4.90 Å². The second-order valence-electron chi connectivity index (χ2n) is 9.57. The van der Waals surface area contributed by atoms with Gasteiger partial charge in [-0.15, -0.1) is 0 Å². The molecule has 5 rings (SSSR count). The van der Waals surface area contributed by atoms with Gasteiger partial charge in [0, 0.05) is 23.1 Å². The van der Waals surface area contributed by atoms with Crippen LogP contribution in [0.1, 0.15) is 35.2 Å². The van der Waals surface area contributed by atoms with Crippen molar-refractivity contribution >= 4 is 16.7 Å². The quantitative estimate of drug-likeness (QED) is 0.300. The van der Waals surface area contributed by atoms with Crippen LogP contribution < -0.4 is 15.2 Å². The van der Waals surface area contributed by atoms with Crippen LogP contribution in [0.15, 0.2) is 72.8 Å². The second kappa shape index (κ2) is 10.9. The van der Waals surface area contributed by atoms with Crippen molar-refractivity contribution < 1.29 is 19.4 Å². The van der Waals surface area contributed by atoms with E-state index in [4.69, 9.17) is 15.2 Å². The summed E-state index contributed by atoms with van der Waals surface area (Å²) in [5, 5.41) is 11.7. The highest BCUT2D eigenvalue weighted by molar-refractivity contribution is 5.98. The number of amides is 1. The molecule has 1 amide bonds. The molecule has 0 unspecified atom stereocenters. The molecule has 0 radical (unpaired) electrons. The Kier molecular flexibility index (Phi) is 7.28. The fourth-order valence-electron chi connectivity index (χ4n) is 4.90. The van der Waals surface area contributed by atoms with Crippen molar-refractivity contribution in [1.29, 1.82) is 0 Å². The SMILES string of the molecule is Cc1cc(Oc2c(-c3cccc(C(N)=O)c3)ccc3cc(O)ccc23)ccc1OCCN1CCCCC1. The van der Waals surface area contributed by atoms with Gasteiger partial charge in [0.15, 0.2) is 0 Å². The zero-order chi connectivity index (χ0) is 25.8. The number of rotatable bonds is 8. The Morgan fingerprint density at radius 3 is 2.59 bits per heavy atom. The Balaban J connectivity index is 1.43. The molecule has 0 saturated carbocycles. The van der Waals surface area contributed by atoms with Crippen molar-refractivity contribution in [2.75, 3.05) is 26.2 Å². The lowest BCUT2D eigenvalue weighted by Crippen LogP contribution is -2.33. The lowest BCUT2D eigenvalue weighted by molar-refractivity contribution is 0.100. The van der Waals surface area contributed by atoms with E-state index in [9.17, 15) is 9.90 Å². The van der Waals surface area contributed by atoms with E-state index < -0.39 is 5.91 Å². The van der Waals surface area contributed by atoms with Crippen LogP contribution in [-0.4, -0.2) is 42.2 Å². The van der Waals surface area contributed by atoms with E-state index in [0.717, 1.165) is 52.8 Å². The van der Waals surface area contributed by atoms with E-state index in [1.807, 2.05) is 49.4 Å². The highest BCUT2D eigenvalue weighted by atomic mass is 16.5. The summed E-state index contributed by atoms with van der Waals surface area (Å²) >= 11 is 0. The highest BCUT2D eigenvalue weighted by Crippen LogP contribution is 2.41. The standard InChI is InChI=1S/C31H32N2O4/c1-21-18-26(10-13-29(21)36-17-16-33-14-3-2-4-15-33)37-30-27(22-6-5-7-24(19-22)31(32)35)11-8-23-20-25(34)9-12-28(23)30/h5-13,18-20,34H,2-4,14-17H2,1H3,(H2,32,35). The molecule has 4 aromatic rings. The summed E-state index contributed by atoms with van der Waals surface area (Å²) in [5.41, 5.74) is 8.58. The molecular formula is C31H32N2O4. The molecule has 0 aliphatic carbocycles. The summed E-state index contributed by atoms with van der Waals surface area (Å²) < 4.78 is 12.6. The van der Waals surface area contributed by atoms with Crippen LogP contribution in [0, 0.1) is 6.92 Å². The summed E-state index contributed by atoms with van der Waals surface area (Å²) in [6, 6.07) is 22.1. The van der Waals surface area contributed by atoms with E-state index in [0.29, 0.717) is 23.7 Å². The van der Waals surface area contributed by atoms with Gasteiger partial charge in [0.25, 0.3) is 0 Å². The van der Waals surface area contributed by atoms with E-state index in [2.05, 4.69) is 4.90 Å². The fourth-order valence-corrected chi connectivity index (χ4v) is 4.90. The maximum atomic E-state index is 11.8. The average Bonchev–Trinajstić information content (AvgIpc) is 2.90. The van der Waals surface area contributed by atoms with Gasteiger partial charge < -0.3 is 20.3 Å². The van der Waals surface area contributed by atoms with E-state index in [-0.39, 0.29) is 5.75 Å². The molecule has 1 fully saturated rings. The fraction of sp³-hybridized carbons (Fsp3) is 0.258. The van der Waals surface area contributed by atoms with E-state index in [1.165, 1.54) is 19.3 Å². The minimum atomic E-state index is -0.485. The van der Waals surface area contributed by atoms with Crippen LogP contribution in [0.3, 0.4) is 0 Å². The molecule has 1 heterocycles. The zero-order valence-electron chi connectivity index (χ0n) is 21.1. The van der Waals surface area contributed by atoms with Crippen molar-refractivity contribution in [3.8, 4) is 34.1 Å². The number of aromatic hydroxyl groups is 1. The number of phenols is 1. The molecule has 190 valence electrons. The van der Waals surface area contributed by atoms with Gasteiger partial charge in [0.1, 0.15) is 29.6 Å². The van der Waals surface area contributed by atoms with Crippen molar-refractivity contribution in [3.63, 3.8) is 0 Å². The number of phenolic OH excluding ortho intramolecular Hbond substituents is 1. The second-order valence-corrected chi connectivity index (χ2v) is 9.57. The lowest BCUT2D eigenvalue weighted by atomic mass is 9.98. The molecule has 3 N–H and O–H groups in total. The first-order valence-electron chi connectivity index (χ1n) is 12.8. The lowest BCUT2D eigenvalue weighted by Gasteiger charge is -2.26. The summed E-state index contributed by atoms with van der Waals surface area (Å²) in [4.78, 5) is 14.3. The number of nitrogens with two attached hydrogens (primary N) is 1. The largest absolute Gasteiger partial charge is 0.508 e. The molecule has 0 spiro atoms. The molecule has 1 saturated heterocycles. The monoisotopic (exact) mass is 496 g/mol. The Morgan fingerprint density at radius 1 is 0.973 bits per heavy atom. The smallest absolute Gasteiger partial charge is 0.248 e. The normalized spacial score (nSPS) is 14.0. The Labute approximate surface area is 217 Å². The van der Waals surface area contributed by atoms with Gasteiger partial charge in [-0.2, -0.15) is 0 Å². The molecular weight excluding hydrogens is 464 g/mol. The van der Waals surface area contributed by atoms with Crippen LogP contribution in [0.5, 0.6) is 23.0 Å². The molecule has 0 bridgehead atoms. The number of primary amides is 1. The average molecular weight is 497 g/mol. The summed E-state index contributed by atoms with van der Waals surface area (Å²) in [6.07, 6.45) is 3.87. The number of aryl methyl sites for hydroxylation is 1. The topological polar surface area (TPSA) is 85.0 Å². The van der Waals surface area contributed by atoms with Gasteiger partial charge in [-0.1, -0.05) is 24.6 Å². The summed E-state index contributed by atoms with van der Waals surface area (Å²) in [7, 11) is 0. The number of fused-ring (bicyclic) bond motifs is 1. The number of carbonyl (C=O) groups is 1. The zero-order valence-corrected chi connectivity index (χ0v) is 21.1. The van der Waals surface area contributed by atoms with Crippen molar-refractivity contribution in [2.24, 2.45) is 5.73 Å². The third kappa shape index (κ3) is 5.70. The predicted molar refractivity (Wildman–Crippen MR) is 147 cm³/mol. The van der Waals surface area contributed by atoms with E-state index >= 15 is 0 Å². The van der Waals surface area contributed by atoms with Crippen molar-refractivity contribution in [3.05, 3.63) is 83.9 Å². The predicted octanol–water partition coefficient (Wildman–Crippen LogP) is 6.28. The number of likely N-dealkylation sites (tertiary alicyclic amines) is 1. The maximum absolute atomic E-state index is 11.8. The summed E-state index contributed by atoms with van der Waals surface area (Å²) in [6.45, 7) is 5.93. The van der Waals surface area contributed by atoms with Gasteiger partial charge in [-0.05, 0) is 104 Å². The first kappa shape index (κ1) is 24.7. The molecule has 6 heteroatoms. The number of ether oxygens (including phenoxy) is 2. The highest BCUT2D eigenvalue weighted by Gasteiger charge is 2.15. The molecule has 0 aromatic heterocycles. The van der Waals surface area contributed by atoms with Crippen LogP contribution in [0.25, 0.3) is 21.9 Å². The molecule has 0 atom stereocenters. The number of benzene rings is 4. The van der Waals surface area contributed by atoms with Crippen molar-refractivity contribution in [2.45, 2.75) is 26.2 Å². The minimum absolute atomic E-state index is 0.184. The maximum Gasteiger partial charge on any atom is 0.248 e. The first-order valence-corrected chi connectivity index (χ1v) is 12.8. The Hall–Kier alpha value is -4.03. The Bertz CT molecular complexity index is 1430. The van der Waals surface area contributed by atoms with Crippen LogP contribution in [-0.2, 0) is 0 Å². The summed E-state index contributed by atoms with van der Waals surface area (Å²) in [5.74, 6) is 1.86. The molecule has 6 nitrogen and oxygen atoms in total. The molecule has 1 aliphatic rings. The van der Waals surface area contributed by atoms with E-state index in [1.54, 1.807) is 30.3 Å². The van der Waals surface area contributed by atoms with Gasteiger partial charge >= 0.3 is 0 Å². The number of piperidine rings is 1. The number of hydrogen-bond donors (Lipinski definition) is 2. The van der Waals surface area contributed by atoms with Gasteiger partial charge in [0.2, 0.25) is 5.91 Å². The van der Waals surface area contributed by atoms with Crippen LogP contribution in [0.2, 0.25) is 0 Å². The van der Waals surface area contributed by atoms with Gasteiger partial charge in [0.05, 0.1) is 0 Å².